The first kappa shape index (κ1) is 26.7. The Morgan fingerprint density at radius 2 is 1.72 bits per heavy atom. The smallest absolute Gasteiger partial charge is 0.465 e. The van der Waals surface area contributed by atoms with Gasteiger partial charge in [-0.2, -0.15) is 13.2 Å². The van der Waals surface area contributed by atoms with E-state index in [1.807, 2.05) is 33.8 Å². The number of hydrogen-bond donors (Lipinski definition) is 2. The van der Waals surface area contributed by atoms with Gasteiger partial charge in [-0.05, 0) is 76.0 Å². The molecule has 0 bridgehead atoms. The Morgan fingerprint density at radius 1 is 1.11 bits per heavy atom. The van der Waals surface area contributed by atoms with Gasteiger partial charge in [0.1, 0.15) is 0 Å². The number of halogens is 3. The first-order valence-corrected chi connectivity index (χ1v) is 12.1. The molecule has 1 aromatic rings. The van der Waals surface area contributed by atoms with Crippen molar-refractivity contribution in [3.8, 4) is 0 Å². The van der Waals surface area contributed by atoms with Gasteiger partial charge in [0.2, 0.25) is 5.60 Å². The summed E-state index contributed by atoms with van der Waals surface area (Å²) in [5, 5.41) is 19.7. The van der Waals surface area contributed by atoms with Crippen LogP contribution in [0.4, 0.5) is 18.0 Å². The molecule has 8 nitrogen and oxygen atoms in total. The van der Waals surface area contributed by atoms with E-state index >= 15 is 0 Å². The van der Waals surface area contributed by atoms with Crippen LogP contribution in [0.25, 0.3) is 0 Å². The van der Waals surface area contributed by atoms with Crippen LogP contribution in [0, 0.1) is 0 Å². The molecule has 2 amide bonds. The van der Waals surface area contributed by atoms with Crippen LogP contribution in [0.5, 0.6) is 0 Å². The number of nitrogens with zero attached hydrogens (tertiary/aromatic N) is 2. The van der Waals surface area contributed by atoms with Gasteiger partial charge in [0, 0.05) is 19.6 Å². The van der Waals surface area contributed by atoms with Crippen LogP contribution in [0.15, 0.2) is 12.1 Å². The molecule has 2 atom stereocenters. The Bertz CT molecular complexity index is 1060. The Labute approximate surface area is 208 Å². The lowest BCUT2D eigenvalue weighted by Gasteiger charge is -2.37. The lowest BCUT2D eigenvalue weighted by atomic mass is 9.74. The number of aliphatic hydroxyl groups is 1. The fourth-order valence-corrected chi connectivity index (χ4v) is 5.06. The van der Waals surface area contributed by atoms with Crippen molar-refractivity contribution in [3.05, 3.63) is 28.8 Å². The summed E-state index contributed by atoms with van der Waals surface area (Å²) < 4.78 is 52.5. The molecule has 0 saturated carbocycles. The maximum Gasteiger partial charge on any atom is 0.494 e. The number of benzene rings is 1. The van der Waals surface area contributed by atoms with E-state index in [9.17, 15) is 33.0 Å². The van der Waals surface area contributed by atoms with Crippen molar-refractivity contribution in [2.75, 3.05) is 13.1 Å². The van der Waals surface area contributed by atoms with E-state index in [4.69, 9.17) is 9.31 Å². The zero-order chi connectivity index (χ0) is 26.8. The van der Waals surface area contributed by atoms with Crippen molar-refractivity contribution in [1.82, 2.24) is 9.80 Å². The summed E-state index contributed by atoms with van der Waals surface area (Å²) in [7, 11) is -0.704. The fourth-order valence-electron chi connectivity index (χ4n) is 5.06. The molecule has 2 N–H and O–H groups in total. The van der Waals surface area contributed by atoms with E-state index in [1.54, 1.807) is 6.07 Å². The molecule has 0 radical (unpaired) electrons. The minimum atomic E-state index is -5.13. The number of alkyl halides is 3. The quantitative estimate of drug-likeness (QED) is 0.605. The first-order valence-electron chi connectivity index (χ1n) is 12.1. The predicted molar refractivity (Wildman–Crippen MR) is 125 cm³/mol. The second-order valence-corrected chi connectivity index (χ2v) is 11.0. The maximum atomic E-state index is 13.4. The molecular weight excluding hydrogens is 480 g/mol. The van der Waals surface area contributed by atoms with Crippen molar-refractivity contribution in [2.45, 2.75) is 89.4 Å². The van der Waals surface area contributed by atoms with Gasteiger partial charge in [-0.3, -0.25) is 4.79 Å². The minimum absolute atomic E-state index is 0.0162. The summed E-state index contributed by atoms with van der Waals surface area (Å²) in [6, 6.07) is 3.14. The average Bonchev–Trinajstić information content (AvgIpc) is 3.33. The van der Waals surface area contributed by atoms with Crippen LogP contribution in [-0.2, 0) is 27.1 Å². The zero-order valence-electron chi connectivity index (χ0n) is 21.1. The molecule has 0 aromatic heterocycles. The standard InChI is InChI=1S/C24H32BF3N2O6/c1-21(2)22(3,4)36-25(35-21)15-11-14-8-10-29(19(31)23(5,34)24(26,27)28)13-17(14)16(12-15)18-7-6-9-30(18)20(32)33/h11-12,18,34H,6-10,13H2,1-5H3,(H,32,33)/t18-,23?/m0/s1. The molecule has 3 aliphatic heterocycles. The van der Waals surface area contributed by atoms with Gasteiger partial charge in [-0.1, -0.05) is 12.1 Å². The highest BCUT2D eigenvalue weighted by molar-refractivity contribution is 6.62. The zero-order valence-corrected chi connectivity index (χ0v) is 21.1. The third-order valence-corrected chi connectivity index (χ3v) is 8.04. The van der Waals surface area contributed by atoms with Crippen molar-refractivity contribution < 1.29 is 42.3 Å². The maximum absolute atomic E-state index is 13.4. The molecule has 2 fully saturated rings. The van der Waals surface area contributed by atoms with E-state index in [-0.39, 0.29) is 19.5 Å². The van der Waals surface area contributed by atoms with Gasteiger partial charge < -0.3 is 29.3 Å². The number of fused-ring (bicyclic) bond motifs is 1. The van der Waals surface area contributed by atoms with Gasteiger partial charge in [0.05, 0.1) is 17.2 Å². The normalized spacial score (nSPS) is 25.0. The number of carbonyl (C=O) groups is 2. The van der Waals surface area contributed by atoms with E-state index in [1.165, 1.54) is 4.90 Å². The van der Waals surface area contributed by atoms with Crippen molar-refractivity contribution >= 4 is 24.6 Å². The van der Waals surface area contributed by atoms with Crippen LogP contribution >= 0.6 is 0 Å². The fraction of sp³-hybridized carbons (Fsp3) is 0.667. The van der Waals surface area contributed by atoms with E-state index in [0.29, 0.717) is 42.9 Å². The number of rotatable bonds is 3. The monoisotopic (exact) mass is 512 g/mol. The van der Waals surface area contributed by atoms with Crippen LogP contribution in [0.2, 0.25) is 0 Å². The van der Waals surface area contributed by atoms with Gasteiger partial charge >= 0.3 is 19.4 Å². The minimum Gasteiger partial charge on any atom is -0.465 e. The number of carboxylic acid groups (broad SMARTS) is 1. The largest absolute Gasteiger partial charge is 0.494 e. The highest BCUT2D eigenvalue weighted by Gasteiger charge is 2.57. The van der Waals surface area contributed by atoms with Crippen LogP contribution < -0.4 is 5.46 Å². The second-order valence-electron chi connectivity index (χ2n) is 11.0. The molecule has 0 spiro atoms. The van der Waals surface area contributed by atoms with Gasteiger partial charge in [-0.15, -0.1) is 0 Å². The number of hydrogen-bond acceptors (Lipinski definition) is 5. The lowest BCUT2D eigenvalue weighted by Crippen LogP contribution is -2.57. The molecule has 1 aromatic carbocycles. The molecule has 1 unspecified atom stereocenters. The SMILES string of the molecule is CC1(C)OB(c2cc3c(c([C@@H]4CCCN4C(=O)O)c2)CN(C(=O)C(C)(O)C(F)(F)F)CC3)OC1(C)C. The van der Waals surface area contributed by atoms with Crippen molar-refractivity contribution in [3.63, 3.8) is 0 Å². The molecule has 3 aliphatic rings. The molecule has 12 heteroatoms. The summed E-state index contributed by atoms with van der Waals surface area (Å²) >= 11 is 0. The third kappa shape index (κ3) is 4.37. The van der Waals surface area contributed by atoms with Gasteiger partial charge in [-0.25, -0.2) is 4.79 Å². The van der Waals surface area contributed by atoms with Gasteiger partial charge in [0.25, 0.3) is 5.91 Å². The highest BCUT2D eigenvalue weighted by Crippen LogP contribution is 2.40. The van der Waals surface area contributed by atoms with Crippen LogP contribution in [0.1, 0.15) is 70.2 Å². The number of amides is 2. The summed E-state index contributed by atoms with van der Waals surface area (Å²) in [4.78, 5) is 27.0. The third-order valence-electron chi connectivity index (χ3n) is 8.04. The molecule has 3 heterocycles. The molecule has 36 heavy (non-hydrogen) atoms. The van der Waals surface area contributed by atoms with E-state index in [0.717, 1.165) is 10.5 Å². The van der Waals surface area contributed by atoms with Crippen molar-refractivity contribution in [2.24, 2.45) is 0 Å². The first-order chi connectivity index (χ1) is 16.5. The summed E-state index contributed by atoms with van der Waals surface area (Å²) in [6.07, 6.45) is -4.79. The van der Waals surface area contributed by atoms with Crippen molar-refractivity contribution in [1.29, 1.82) is 0 Å². The van der Waals surface area contributed by atoms with E-state index in [2.05, 4.69) is 0 Å². The average molecular weight is 512 g/mol. The molecular formula is C24H32BF3N2O6. The molecule has 198 valence electrons. The van der Waals surface area contributed by atoms with Crippen LogP contribution in [-0.4, -0.2) is 75.2 Å². The Balaban J connectivity index is 1.76. The predicted octanol–water partition coefficient (Wildman–Crippen LogP) is 3.00. The highest BCUT2D eigenvalue weighted by atomic mass is 19.4. The van der Waals surface area contributed by atoms with E-state index < -0.39 is 48.1 Å². The lowest BCUT2D eigenvalue weighted by molar-refractivity contribution is -0.250. The number of carbonyl (C=O) groups excluding carboxylic acids is 1. The van der Waals surface area contributed by atoms with Gasteiger partial charge in [0.15, 0.2) is 0 Å². The Hall–Kier alpha value is -2.31. The Morgan fingerprint density at radius 3 is 2.28 bits per heavy atom. The molecule has 0 aliphatic carbocycles. The topological polar surface area (TPSA) is 99.5 Å². The molecule has 4 rings (SSSR count). The second kappa shape index (κ2) is 8.63. The number of likely N-dealkylation sites (tertiary alicyclic amines) is 1. The Kier molecular flexibility index (Phi) is 6.41. The molecule has 2 saturated heterocycles. The van der Waals surface area contributed by atoms with Crippen LogP contribution in [0.3, 0.4) is 0 Å². The summed E-state index contributed by atoms with van der Waals surface area (Å²) in [5.74, 6) is -1.43. The summed E-state index contributed by atoms with van der Waals surface area (Å²) in [6.45, 7) is 8.30. The summed E-state index contributed by atoms with van der Waals surface area (Å²) in [5.41, 5.74) is -1.99.